The van der Waals surface area contributed by atoms with E-state index in [2.05, 4.69) is 39.2 Å². The molecule has 3 aromatic heterocycles. The fourth-order valence-electron chi connectivity index (χ4n) is 6.06. The van der Waals surface area contributed by atoms with Gasteiger partial charge in [0.25, 0.3) is 5.89 Å². The highest BCUT2D eigenvalue weighted by Gasteiger charge is 2.65. The van der Waals surface area contributed by atoms with E-state index < -0.39 is 17.0 Å². The van der Waals surface area contributed by atoms with Gasteiger partial charge in [0.1, 0.15) is 17.3 Å². The number of benzene rings is 1. The lowest BCUT2D eigenvalue weighted by Gasteiger charge is -2.37. The largest absolute Gasteiger partial charge is 0.419 e. The summed E-state index contributed by atoms with van der Waals surface area (Å²) in [5, 5.41) is 17.3. The first-order chi connectivity index (χ1) is 17.0. The third-order valence-electron chi connectivity index (χ3n) is 7.96. The molecule has 2 bridgehead atoms. The van der Waals surface area contributed by atoms with Gasteiger partial charge in [0.15, 0.2) is 0 Å². The second-order valence-electron chi connectivity index (χ2n) is 11.3. The normalized spacial score (nSPS) is 22.1. The predicted molar refractivity (Wildman–Crippen MR) is 128 cm³/mol. The van der Waals surface area contributed by atoms with Gasteiger partial charge in [-0.2, -0.15) is 5.10 Å². The molecule has 0 radical (unpaired) electrons. The van der Waals surface area contributed by atoms with Crippen LogP contribution in [0.5, 0.6) is 0 Å². The van der Waals surface area contributed by atoms with Gasteiger partial charge in [-0.3, -0.25) is 4.98 Å². The molecule has 2 atom stereocenters. The first-order valence-corrected chi connectivity index (χ1v) is 12.0. The van der Waals surface area contributed by atoms with Gasteiger partial charge in [-0.05, 0) is 47.9 Å². The minimum atomic E-state index is -0.658. The number of hydrogen-bond acceptors (Lipinski definition) is 7. The SMILES string of the molecule is CC(C)(C)c1nnc(-c2cncc([C@@]34CC[C@@H](c5cc(-c6c(F)cccc6F)nnc53)C4(C)C)n2)o1. The Morgan fingerprint density at radius 2 is 1.72 bits per heavy atom. The minimum absolute atomic E-state index is 0.137. The molecule has 6 rings (SSSR count). The lowest BCUT2D eigenvalue weighted by atomic mass is 9.66. The third-order valence-corrected chi connectivity index (χ3v) is 7.96. The van der Waals surface area contributed by atoms with Crippen LogP contribution in [0.2, 0.25) is 0 Å². The number of halogens is 2. The van der Waals surface area contributed by atoms with E-state index in [0.717, 1.165) is 29.8 Å². The van der Waals surface area contributed by atoms with Crippen LogP contribution in [0.3, 0.4) is 0 Å². The van der Waals surface area contributed by atoms with E-state index in [9.17, 15) is 8.78 Å². The van der Waals surface area contributed by atoms with Crippen molar-refractivity contribution in [3.63, 3.8) is 0 Å². The van der Waals surface area contributed by atoms with Crippen molar-refractivity contribution in [3.05, 3.63) is 71.1 Å². The predicted octanol–water partition coefficient (Wildman–Crippen LogP) is 5.76. The van der Waals surface area contributed by atoms with Gasteiger partial charge in [-0.15, -0.1) is 15.3 Å². The summed E-state index contributed by atoms with van der Waals surface area (Å²) in [4.78, 5) is 9.42. The molecule has 36 heavy (non-hydrogen) atoms. The van der Waals surface area contributed by atoms with Crippen LogP contribution >= 0.6 is 0 Å². The Hall–Kier alpha value is -3.62. The Kier molecular flexibility index (Phi) is 4.72. The molecule has 184 valence electrons. The van der Waals surface area contributed by atoms with Crippen LogP contribution in [0.4, 0.5) is 8.78 Å². The van der Waals surface area contributed by atoms with Crippen LogP contribution in [0.25, 0.3) is 22.8 Å². The minimum Gasteiger partial charge on any atom is -0.419 e. The maximum absolute atomic E-state index is 14.5. The van der Waals surface area contributed by atoms with Gasteiger partial charge in [-0.25, -0.2) is 13.8 Å². The monoisotopic (exact) mass is 488 g/mol. The number of aromatic nitrogens is 6. The Morgan fingerprint density at radius 1 is 0.972 bits per heavy atom. The van der Waals surface area contributed by atoms with E-state index >= 15 is 0 Å². The average molecular weight is 489 g/mol. The smallest absolute Gasteiger partial charge is 0.267 e. The zero-order valence-corrected chi connectivity index (χ0v) is 20.8. The van der Waals surface area contributed by atoms with Crippen molar-refractivity contribution in [3.8, 4) is 22.8 Å². The Labute approximate surface area is 207 Å². The molecular formula is C27H26F2N6O. The summed E-state index contributed by atoms with van der Waals surface area (Å²) >= 11 is 0. The average Bonchev–Trinajstić information content (AvgIpc) is 3.48. The summed E-state index contributed by atoms with van der Waals surface area (Å²) in [5.41, 5.74) is 1.92. The number of nitrogens with zero attached hydrogens (tertiary/aromatic N) is 6. The lowest BCUT2D eigenvalue weighted by Crippen LogP contribution is -2.38. The third kappa shape index (κ3) is 3.01. The quantitative estimate of drug-likeness (QED) is 0.362. The molecule has 0 spiro atoms. The summed E-state index contributed by atoms with van der Waals surface area (Å²) in [5.74, 6) is -0.344. The molecule has 7 nitrogen and oxygen atoms in total. The molecule has 0 amide bonds. The molecule has 4 aromatic rings. The topological polar surface area (TPSA) is 90.5 Å². The van der Waals surface area contributed by atoms with Crippen molar-refractivity contribution in [2.24, 2.45) is 5.41 Å². The molecule has 2 aliphatic rings. The molecule has 0 unspecified atom stereocenters. The van der Waals surface area contributed by atoms with E-state index in [-0.39, 0.29) is 28.0 Å². The lowest BCUT2D eigenvalue weighted by molar-refractivity contribution is 0.242. The number of hydrogen-bond donors (Lipinski definition) is 0. The second-order valence-corrected chi connectivity index (χ2v) is 11.3. The highest BCUT2D eigenvalue weighted by atomic mass is 19.1. The van der Waals surface area contributed by atoms with E-state index in [1.165, 1.54) is 18.2 Å². The van der Waals surface area contributed by atoms with E-state index in [1.807, 2.05) is 20.8 Å². The Balaban J connectivity index is 1.48. The van der Waals surface area contributed by atoms with Crippen molar-refractivity contribution >= 4 is 0 Å². The fourth-order valence-corrected chi connectivity index (χ4v) is 6.06. The van der Waals surface area contributed by atoms with Gasteiger partial charge in [0.05, 0.1) is 34.3 Å². The molecular weight excluding hydrogens is 462 g/mol. The van der Waals surface area contributed by atoms with Gasteiger partial charge in [0, 0.05) is 11.6 Å². The van der Waals surface area contributed by atoms with Crippen LogP contribution in [-0.4, -0.2) is 30.4 Å². The standard InChI is InChI=1S/C27H26F2N6O/c1-25(2,3)24-35-34-23(36-24)19-12-30-13-20(31-19)27-10-9-15(26(27,4)5)14-11-18(32-33-22(14)27)21-16(28)7-6-8-17(21)29/h6-8,11-13,15H,9-10H2,1-5H3/t15-,27-/m0/s1. The van der Waals surface area contributed by atoms with Gasteiger partial charge >= 0.3 is 0 Å². The Morgan fingerprint density at radius 3 is 2.42 bits per heavy atom. The van der Waals surface area contributed by atoms with Crippen LogP contribution in [0.1, 0.15) is 76.2 Å². The summed E-state index contributed by atoms with van der Waals surface area (Å²) in [6.07, 6.45) is 5.08. The first kappa shape index (κ1) is 22.8. The van der Waals surface area contributed by atoms with Gasteiger partial charge in [-0.1, -0.05) is 40.7 Å². The van der Waals surface area contributed by atoms with Crippen LogP contribution in [-0.2, 0) is 10.8 Å². The van der Waals surface area contributed by atoms with Crippen molar-refractivity contribution in [1.82, 2.24) is 30.4 Å². The molecule has 1 saturated carbocycles. The molecule has 9 heteroatoms. The first-order valence-electron chi connectivity index (χ1n) is 12.0. The molecule has 1 aromatic carbocycles. The van der Waals surface area contributed by atoms with Crippen LogP contribution in [0.15, 0.2) is 41.1 Å². The fraction of sp³-hybridized carbons (Fsp3) is 0.407. The maximum Gasteiger partial charge on any atom is 0.267 e. The Bertz CT molecular complexity index is 1490. The molecule has 2 aliphatic carbocycles. The molecule has 1 fully saturated rings. The summed E-state index contributed by atoms with van der Waals surface area (Å²) in [7, 11) is 0. The number of rotatable bonds is 3. The highest BCUT2D eigenvalue weighted by Crippen LogP contribution is 2.69. The van der Waals surface area contributed by atoms with E-state index in [4.69, 9.17) is 9.40 Å². The zero-order valence-electron chi connectivity index (χ0n) is 20.8. The van der Waals surface area contributed by atoms with Crippen molar-refractivity contribution < 1.29 is 13.2 Å². The summed E-state index contributed by atoms with van der Waals surface area (Å²) < 4.78 is 34.9. The van der Waals surface area contributed by atoms with E-state index in [1.54, 1.807) is 18.5 Å². The summed E-state index contributed by atoms with van der Waals surface area (Å²) in [6.45, 7) is 10.4. The molecule has 0 N–H and O–H groups in total. The van der Waals surface area contributed by atoms with Crippen LogP contribution in [0, 0.1) is 17.0 Å². The highest BCUT2D eigenvalue weighted by molar-refractivity contribution is 5.64. The molecule has 3 heterocycles. The zero-order chi connectivity index (χ0) is 25.5. The van der Waals surface area contributed by atoms with Gasteiger partial charge < -0.3 is 4.42 Å². The molecule has 0 saturated heterocycles. The second kappa shape index (κ2) is 7.44. The summed E-state index contributed by atoms with van der Waals surface area (Å²) in [6, 6.07) is 5.60. The van der Waals surface area contributed by atoms with Gasteiger partial charge in [0.2, 0.25) is 5.89 Å². The van der Waals surface area contributed by atoms with Crippen molar-refractivity contribution in [1.29, 1.82) is 0 Å². The maximum atomic E-state index is 14.5. The van der Waals surface area contributed by atoms with Crippen molar-refractivity contribution in [2.75, 3.05) is 0 Å². The number of fused-ring (bicyclic) bond motifs is 5. The van der Waals surface area contributed by atoms with Crippen molar-refractivity contribution in [2.45, 2.75) is 64.2 Å². The van der Waals surface area contributed by atoms with E-state index in [0.29, 0.717) is 17.5 Å². The van der Waals surface area contributed by atoms with Crippen LogP contribution < -0.4 is 0 Å². The molecule has 0 aliphatic heterocycles.